The number of carbonyl (C=O) groups excluding carboxylic acids is 1. The van der Waals surface area contributed by atoms with E-state index >= 15 is 0 Å². The zero-order valence-corrected chi connectivity index (χ0v) is 13.6. The molecule has 0 fully saturated rings. The molecule has 1 heterocycles. The maximum atomic E-state index is 12.2. The van der Waals surface area contributed by atoms with Crippen LogP contribution in [-0.4, -0.2) is 23.5 Å². The van der Waals surface area contributed by atoms with Crippen LogP contribution in [0.3, 0.4) is 0 Å². The van der Waals surface area contributed by atoms with Crippen LogP contribution in [0.4, 0.5) is 0 Å². The van der Waals surface area contributed by atoms with E-state index < -0.39 is 11.9 Å². The summed E-state index contributed by atoms with van der Waals surface area (Å²) < 4.78 is 0. The minimum atomic E-state index is -0.886. The second-order valence-electron chi connectivity index (χ2n) is 5.85. The monoisotopic (exact) mass is 329 g/mol. The van der Waals surface area contributed by atoms with Gasteiger partial charge in [0.05, 0.1) is 10.8 Å². The van der Waals surface area contributed by atoms with Gasteiger partial charge in [-0.3, -0.25) is 9.59 Å². The van der Waals surface area contributed by atoms with Crippen LogP contribution in [0.5, 0.6) is 0 Å². The normalized spacial score (nSPS) is 14.3. The van der Waals surface area contributed by atoms with Gasteiger partial charge in [-0.25, -0.2) is 0 Å². The lowest BCUT2D eigenvalue weighted by Gasteiger charge is -2.13. The molecule has 1 aromatic heterocycles. The Morgan fingerprint density at radius 3 is 2.70 bits per heavy atom. The lowest BCUT2D eigenvalue weighted by molar-refractivity contribution is -0.141. The molecule has 0 aliphatic heterocycles. The van der Waals surface area contributed by atoms with E-state index in [1.165, 1.54) is 28.2 Å². The molecule has 120 valence electrons. The number of carbonyl (C=O) groups is 2. The van der Waals surface area contributed by atoms with E-state index in [9.17, 15) is 14.7 Å². The summed E-state index contributed by atoms with van der Waals surface area (Å²) >= 11 is 1.53. The van der Waals surface area contributed by atoms with Gasteiger partial charge in [-0.15, -0.1) is 11.3 Å². The van der Waals surface area contributed by atoms with Crippen LogP contribution in [0.25, 0.3) is 0 Å². The molecule has 23 heavy (non-hydrogen) atoms. The van der Waals surface area contributed by atoms with Crippen molar-refractivity contribution in [2.24, 2.45) is 5.92 Å². The molecule has 4 nitrogen and oxygen atoms in total. The van der Waals surface area contributed by atoms with Crippen molar-refractivity contribution in [3.8, 4) is 0 Å². The summed E-state index contributed by atoms with van der Waals surface area (Å²) in [6.07, 6.45) is 3.68. The van der Waals surface area contributed by atoms with Crippen LogP contribution in [0.2, 0.25) is 0 Å². The van der Waals surface area contributed by atoms with Gasteiger partial charge in [0.2, 0.25) is 0 Å². The molecule has 1 aliphatic rings. The number of thiophene rings is 1. The van der Waals surface area contributed by atoms with Crippen LogP contribution in [-0.2, 0) is 24.1 Å². The van der Waals surface area contributed by atoms with Crippen LogP contribution < -0.4 is 5.32 Å². The number of aliphatic carboxylic acids is 1. The van der Waals surface area contributed by atoms with E-state index in [0.717, 1.165) is 18.4 Å². The number of hydrogen-bond acceptors (Lipinski definition) is 3. The molecule has 5 heteroatoms. The number of amides is 1. The lowest BCUT2D eigenvalue weighted by atomic mass is 9.99. The molecule has 1 atom stereocenters. The molecule has 0 radical (unpaired) electrons. The van der Waals surface area contributed by atoms with E-state index in [-0.39, 0.29) is 12.5 Å². The maximum Gasteiger partial charge on any atom is 0.308 e. The number of fused-ring (bicyclic) bond motifs is 1. The maximum absolute atomic E-state index is 12.2. The first kappa shape index (κ1) is 15.7. The molecule has 2 N–H and O–H groups in total. The van der Waals surface area contributed by atoms with E-state index in [4.69, 9.17) is 0 Å². The summed E-state index contributed by atoms with van der Waals surface area (Å²) in [7, 11) is 0. The smallest absolute Gasteiger partial charge is 0.308 e. The SMILES string of the molecule is O=C(NCC(Cc1ccccc1)C(=O)O)c1cc2c(s1)CCC2. The Bertz CT molecular complexity index is 687. The number of benzene rings is 1. The summed E-state index contributed by atoms with van der Waals surface area (Å²) in [4.78, 5) is 25.6. The molecule has 0 bridgehead atoms. The molecule has 1 unspecified atom stereocenters. The molecule has 0 saturated heterocycles. The predicted molar refractivity (Wildman–Crippen MR) is 89.9 cm³/mol. The first-order chi connectivity index (χ1) is 11.1. The lowest BCUT2D eigenvalue weighted by Crippen LogP contribution is -2.33. The van der Waals surface area contributed by atoms with E-state index in [1.807, 2.05) is 36.4 Å². The Morgan fingerprint density at radius 2 is 2.00 bits per heavy atom. The van der Waals surface area contributed by atoms with Crippen LogP contribution >= 0.6 is 11.3 Å². The largest absolute Gasteiger partial charge is 0.481 e. The number of hydrogen-bond donors (Lipinski definition) is 2. The van der Waals surface area contributed by atoms with Gasteiger partial charge in [-0.05, 0) is 42.9 Å². The van der Waals surface area contributed by atoms with Crippen LogP contribution in [0.15, 0.2) is 36.4 Å². The second-order valence-corrected chi connectivity index (χ2v) is 6.98. The molecule has 0 saturated carbocycles. The summed E-state index contributed by atoms with van der Waals surface area (Å²) in [5.74, 6) is -1.67. The van der Waals surface area contributed by atoms with E-state index in [0.29, 0.717) is 11.3 Å². The fraction of sp³-hybridized carbons (Fsp3) is 0.333. The molecular formula is C18H19NO3S. The summed E-state index contributed by atoms with van der Waals surface area (Å²) in [5.41, 5.74) is 2.24. The number of nitrogens with one attached hydrogen (secondary N) is 1. The van der Waals surface area contributed by atoms with Crippen molar-refractivity contribution in [2.75, 3.05) is 6.54 Å². The first-order valence-electron chi connectivity index (χ1n) is 7.80. The fourth-order valence-electron chi connectivity index (χ4n) is 2.89. The van der Waals surface area contributed by atoms with Crippen LogP contribution in [0, 0.1) is 5.92 Å². The first-order valence-corrected chi connectivity index (χ1v) is 8.61. The Hall–Kier alpha value is -2.14. The number of aryl methyl sites for hydroxylation is 2. The van der Waals surface area contributed by atoms with Gasteiger partial charge in [0.15, 0.2) is 0 Å². The molecule has 3 rings (SSSR count). The fourth-order valence-corrected chi connectivity index (χ4v) is 4.06. The van der Waals surface area contributed by atoms with Crippen molar-refractivity contribution >= 4 is 23.2 Å². The molecule has 1 aliphatic carbocycles. The van der Waals surface area contributed by atoms with Gasteiger partial charge in [0.25, 0.3) is 5.91 Å². The third-order valence-electron chi connectivity index (χ3n) is 4.15. The van der Waals surface area contributed by atoms with Gasteiger partial charge >= 0.3 is 5.97 Å². The van der Waals surface area contributed by atoms with E-state index in [2.05, 4.69) is 5.32 Å². The standard InChI is InChI=1S/C18H19NO3S/c20-17(16-10-13-7-4-8-15(13)23-16)19-11-14(18(21)22)9-12-5-2-1-3-6-12/h1-3,5-6,10,14H,4,7-9,11H2,(H,19,20)(H,21,22). The van der Waals surface area contributed by atoms with Gasteiger partial charge in [0.1, 0.15) is 0 Å². The Morgan fingerprint density at radius 1 is 1.22 bits per heavy atom. The van der Waals surface area contributed by atoms with Gasteiger partial charge in [-0.1, -0.05) is 30.3 Å². The van der Waals surface area contributed by atoms with Gasteiger partial charge in [0, 0.05) is 11.4 Å². The summed E-state index contributed by atoms with van der Waals surface area (Å²) in [5, 5.41) is 12.1. The van der Waals surface area contributed by atoms with Crippen molar-refractivity contribution < 1.29 is 14.7 Å². The third-order valence-corrected chi connectivity index (χ3v) is 5.39. The third kappa shape index (κ3) is 3.79. The minimum Gasteiger partial charge on any atom is -0.481 e. The highest BCUT2D eigenvalue weighted by Crippen LogP contribution is 2.30. The Balaban J connectivity index is 1.59. The van der Waals surface area contributed by atoms with Crippen molar-refractivity contribution in [1.82, 2.24) is 5.32 Å². The number of carboxylic acids is 1. The molecule has 1 aromatic carbocycles. The Labute approximate surface area is 139 Å². The predicted octanol–water partition coefficient (Wildman–Crippen LogP) is 2.91. The average Bonchev–Trinajstić information content (AvgIpc) is 3.13. The van der Waals surface area contributed by atoms with Crippen molar-refractivity contribution in [1.29, 1.82) is 0 Å². The van der Waals surface area contributed by atoms with Crippen molar-refractivity contribution in [2.45, 2.75) is 25.7 Å². The van der Waals surface area contributed by atoms with Crippen LogP contribution in [0.1, 0.15) is 32.1 Å². The zero-order valence-electron chi connectivity index (χ0n) is 12.7. The quantitative estimate of drug-likeness (QED) is 0.856. The number of carboxylic acid groups (broad SMARTS) is 1. The molecule has 2 aromatic rings. The van der Waals surface area contributed by atoms with Crippen molar-refractivity contribution in [3.63, 3.8) is 0 Å². The van der Waals surface area contributed by atoms with Gasteiger partial charge in [-0.2, -0.15) is 0 Å². The zero-order chi connectivity index (χ0) is 16.2. The topological polar surface area (TPSA) is 66.4 Å². The highest BCUT2D eigenvalue weighted by Gasteiger charge is 2.22. The number of rotatable bonds is 6. The molecular weight excluding hydrogens is 310 g/mol. The summed E-state index contributed by atoms with van der Waals surface area (Å²) in [6, 6.07) is 11.4. The minimum absolute atomic E-state index is 0.144. The Kier molecular flexibility index (Phi) is 4.76. The highest BCUT2D eigenvalue weighted by molar-refractivity contribution is 7.14. The van der Waals surface area contributed by atoms with Gasteiger partial charge < -0.3 is 10.4 Å². The van der Waals surface area contributed by atoms with E-state index in [1.54, 1.807) is 0 Å². The van der Waals surface area contributed by atoms with Crippen molar-refractivity contribution in [3.05, 3.63) is 57.3 Å². The summed E-state index contributed by atoms with van der Waals surface area (Å²) in [6.45, 7) is 0.144. The molecule has 0 spiro atoms. The molecule has 1 amide bonds. The highest BCUT2D eigenvalue weighted by atomic mass is 32.1. The second kappa shape index (κ2) is 6.96. The average molecular weight is 329 g/mol.